The van der Waals surface area contributed by atoms with Gasteiger partial charge in [-0.05, 0) is 18.6 Å². The maximum Gasteiger partial charge on any atom is 0.238 e. The van der Waals surface area contributed by atoms with Crippen LogP contribution in [0.25, 0.3) is 0 Å². The fourth-order valence-electron chi connectivity index (χ4n) is 1.36. The highest BCUT2D eigenvalue weighted by atomic mass is 19.1. The van der Waals surface area contributed by atoms with E-state index in [1.54, 1.807) is 25.1 Å². The van der Waals surface area contributed by atoms with Gasteiger partial charge < -0.3 is 11.1 Å². The summed E-state index contributed by atoms with van der Waals surface area (Å²) in [5.41, 5.74) is 6.11. The normalized spacial score (nSPS) is 9.83. The molecule has 0 fully saturated rings. The van der Waals surface area contributed by atoms with E-state index < -0.39 is 5.82 Å². The molecule has 2 rings (SSSR count). The summed E-state index contributed by atoms with van der Waals surface area (Å²) in [4.78, 5) is 11.1. The number of hydrogen-bond acceptors (Lipinski definition) is 6. The van der Waals surface area contributed by atoms with E-state index in [1.165, 1.54) is 6.07 Å². The highest BCUT2D eigenvalue weighted by Crippen LogP contribution is 2.20. The minimum atomic E-state index is -0.407. The molecule has 90 valence electrons. The largest absolute Gasteiger partial charge is 0.368 e. The van der Waals surface area contributed by atoms with Crippen LogP contribution in [-0.2, 0) is 0 Å². The highest BCUT2D eigenvalue weighted by Gasteiger charge is 2.08. The van der Waals surface area contributed by atoms with Crippen LogP contribution >= 0.6 is 0 Å². The molecule has 0 bridgehead atoms. The molecule has 6 nitrogen and oxygen atoms in total. The van der Waals surface area contributed by atoms with Crippen LogP contribution < -0.4 is 11.1 Å². The lowest BCUT2D eigenvalue weighted by Crippen LogP contribution is -2.06. The summed E-state index contributed by atoms with van der Waals surface area (Å²) >= 11 is 0. The lowest BCUT2D eigenvalue weighted by molar-refractivity contribution is 0.622. The van der Waals surface area contributed by atoms with Gasteiger partial charge in [-0.2, -0.15) is 20.2 Å². The summed E-state index contributed by atoms with van der Waals surface area (Å²) in [6, 6.07) is 6.61. The van der Waals surface area contributed by atoms with Crippen molar-refractivity contribution in [3.05, 3.63) is 35.4 Å². The molecule has 0 atom stereocenters. The maximum absolute atomic E-state index is 13.7. The summed E-state index contributed by atoms with van der Waals surface area (Å²) in [5, 5.41) is 11.4. The Bertz CT molecular complexity index is 634. The van der Waals surface area contributed by atoms with Gasteiger partial charge in [0, 0.05) is 0 Å². The third-order valence-corrected chi connectivity index (χ3v) is 2.19. The Kier molecular flexibility index (Phi) is 3.02. The second-order valence-corrected chi connectivity index (χ2v) is 3.51. The Morgan fingerprint density at radius 1 is 1.33 bits per heavy atom. The minimum absolute atomic E-state index is 0.0311. The van der Waals surface area contributed by atoms with Crippen molar-refractivity contribution in [2.45, 2.75) is 6.92 Å². The Labute approximate surface area is 102 Å². The molecule has 0 amide bonds. The first kappa shape index (κ1) is 11.7. The molecule has 1 aromatic heterocycles. The topological polar surface area (TPSA) is 101 Å². The van der Waals surface area contributed by atoms with E-state index in [4.69, 9.17) is 11.0 Å². The highest BCUT2D eigenvalue weighted by molar-refractivity contribution is 5.56. The zero-order chi connectivity index (χ0) is 13.1. The van der Waals surface area contributed by atoms with Gasteiger partial charge in [0.05, 0.1) is 5.69 Å². The van der Waals surface area contributed by atoms with Gasteiger partial charge in [0.1, 0.15) is 11.9 Å². The Morgan fingerprint density at radius 2 is 2.11 bits per heavy atom. The van der Waals surface area contributed by atoms with Gasteiger partial charge in [0.15, 0.2) is 0 Å². The van der Waals surface area contributed by atoms with Crippen molar-refractivity contribution in [3.63, 3.8) is 0 Å². The smallest absolute Gasteiger partial charge is 0.238 e. The van der Waals surface area contributed by atoms with Crippen LogP contribution in [-0.4, -0.2) is 15.0 Å². The predicted octanol–water partition coefficient (Wildman–Crippen LogP) is 1.52. The Balaban J connectivity index is 2.37. The number of hydrogen-bond donors (Lipinski definition) is 2. The number of nitrogen functional groups attached to an aromatic ring is 1. The molecule has 0 unspecified atom stereocenters. The summed E-state index contributed by atoms with van der Waals surface area (Å²) in [7, 11) is 0. The number of aryl methyl sites for hydroxylation is 1. The van der Waals surface area contributed by atoms with Crippen molar-refractivity contribution in [1.29, 1.82) is 5.26 Å². The standard InChI is InChI=1S/C11H9FN6/c1-6-3-2-4-7(9(6)12)15-11-17-8(5-13)16-10(14)18-11/h2-4H,1H3,(H3,14,15,16,17,18). The first-order valence-electron chi connectivity index (χ1n) is 5.04. The molecule has 0 aliphatic heterocycles. The van der Waals surface area contributed by atoms with E-state index in [9.17, 15) is 4.39 Å². The molecule has 0 aliphatic carbocycles. The molecule has 18 heavy (non-hydrogen) atoms. The van der Waals surface area contributed by atoms with E-state index in [1.807, 2.05) is 0 Å². The van der Waals surface area contributed by atoms with Crippen LogP contribution in [0.4, 0.5) is 22.0 Å². The quantitative estimate of drug-likeness (QED) is 0.830. The van der Waals surface area contributed by atoms with Crippen LogP contribution in [0.2, 0.25) is 0 Å². The van der Waals surface area contributed by atoms with Crippen molar-refractivity contribution in [2.24, 2.45) is 0 Å². The van der Waals surface area contributed by atoms with E-state index in [-0.39, 0.29) is 23.4 Å². The van der Waals surface area contributed by atoms with Gasteiger partial charge in [0.2, 0.25) is 17.7 Å². The van der Waals surface area contributed by atoms with Gasteiger partial charge in [-0.1, -0.05) is 12.1 Å². The van der Waals surface area contributed by atoms with Crippen molar-refractivity contribution in [1.82, 2.24) is 15.0 Å². The van der Waals surface area contributed by atoms with E-state index in [2.05, 4.69) is 20.3 Å². The predicted molar refractivity (Wildman–Crippen MR) is 63.4 cm³/mol. The Hall–Kier alpha value is -2.75. The number of rotatable bonds is 2. The van der Waals surface area contributed by atoms with Crippen molar-refractivity contribution in [3.8, 4) is 6.07 Å². The van der Waals surface area contributed by atoms with Crippen LogP contribution in [0.15, 0.2) is 18.2 Å². The summed E-state index contributed by atoms with van der Waals surface area (Å²) in [6.07, 6.45) is 0. The molecule has 0 saturated carbocycles. The molecular weight excluding hydrogens is 235 g/mol. The zero-order valence-corrected chi connectivity index (χ0v) is 9.48. The molecule has 0 radical (unpaired) electrons. The van der Waals surface area contributed by atoms with Gasteiger partial charge in [-0.15, -0.1) is 0 Å². The number of nitriles is 1. The lowest BCUT2D eigenvalue weighted by Gasteiger charge is -2.07. The number of halogens is 1. The van der Waals surface area contributed by atoms with Gasteiger partial charge in [0.25, 0.3) is 0 Å². The number of aromatic nitrogens is 3. The van der Waals surface area contributed by atoms with Gasteiger partial charge >= 0.3 is 0 Å². The van der Waals surface area contributed by atoms with Crippen molar-refractivity contribution in [2.75, 3.05) is 11.1 Å². The fraction of sp³-hybridized carbons (Fsp3) is 0.0909. The average Bonchev–Trinajstić information content (AvgIpc) is 2.34. The molecule has 0 spiro atoms. The molecule has 1 aromatic carbocycles. The second kappa shape index (κ2) is 4.63. The monoisotopic (exact) mass is 244 g/mol. The summed E-state index contributed by atoms with van der Waals surface area (Å²) in [5.74, 6) is -0.603. The average molecular weight is 244 g/mol. The molecule has 2 aromatic rings. The third-order valence-electron chi connectivity index (χ3n) is 2.19. The number of benzene rings is 1. The molecule has 0 saturated heterocycles. The number of nitrogens with zero attached hydrogens (tertiary/aromatic N) is 4. The molecule has 3 N–H and O–H groups in total. The zero-order valence-electron chi connectivity index (χ0n) is 9.48. The van der Waals surface area contributed by atoms with Crippen LogP contribution in [0, 0.1) is 24.1 Å². The fourth-order valence-corrected chi connectivity index (χ4v) is 1.36. The molecule has 7 heteroatoms. The second-order valence-electron chi connectivity index (χ2n) is 3.51. The van der Waals surface area contributed by atoms with Gasteiger partial charge in [-0.3, -0.25) is 0 Å². The molecule has 1 heterocycles. The minimum Gasteiger partial charge on any atom is -0.368 e. The van der Waals surface area contributed by atoms with Crippen LogP contribution in [0.3, 0.4) is 0 Å². The van der Waals surface area contributed by atoms with E-state index >= 15 is 0 Å². The SMILES string of the molecule is Cc1cccc(Nc2nc(N)nc(C#N)n2)c1F. The van der Waals surface area contributed by atoms with Gasteiger partial charge in [-0.25, -0.2) is 4.39 Å². The van der Waals surface area contributed by atoms with Crippen molar-refractivity contribution < 1.29 is 4.39 Å². The summed E-state index contributed by atoms with van der Waals surface area (Å²) < 4.78 is 13.7. The number of anilines is 3. The number of nitrogens with one attached hydrogen (secondary N) is 1. The van der Waals surface area contributed by atoms with E-state index in [0.717, 1.165) is 0 Å². The number of nitrogens with two attached hydrogens (primary N) is 1. The maximum atomic E-state index is 13.7. The molecule has 0 aliphatic rings. The van der Waals surface area contributed by atoms with Crippen LogP contribution in [0.5, 0.6) is 0 Å². The van der Waals surface area contributed by atoms with Crippen molar-refractivity contribution >= 4 is 17.6 Å². The lowest BCUT2D eigenvalue weighted by atomic mass is 10.2. The van der Waals surface area contributed by atoms with E-state index in [0.29, 0.717) is 5.56 Å². The Morgan fingerprint density at radius 3 is 2.83 bits per heavy atom. The first-order chi connectivity index (χ1) is 8.60. The van der Waals surface area contributed by atoms with Crippen LogP contribution in [0.1, 0.15) is 11.4 Å². The summed E-state index contributed by atoms with van der Waals surface area (Å²) in [6.45, 7) is 1.64. The first-order valence-corrected chi connectivity index (χ1v) is 5.04. The molecular formula is C11H9FN6. The third kappa shape index (κ3) is 2.32.